The Morgan fingerprint density at radius 2 is 0.919 bits per heavy atom. The van der Waals surface area contributed by atoms with Gasteiger partial charge in [0.05, 0.1) is 35.5 Å². The van der Waals surface area contributed by atoms with E-state index in [9.17, 15) is 19.8 Å². The van der Waals surface area contributed by atoms with Crippen LogP contribution in [0.1, 0.15) is 66.6 Å². The van der Waals surface area contributed by atoms with Crippen molar-refractivity contribution < 1.29 is 38.7 Å². The number of ketones is 2. The molecule has 12 nitrogen and oxygen atoms in total. The molecule has 2 aliphatic heterocycles. The summed E-state index contributed by atoms with van der Waals surface area (Å²) in [6, 6.07) is 41.9. The zero-order valence-electron chi connectivity index (χ0n) is 34.2. The number of phenols is 2. The van der Waals surface area contributed by atoms with Crippen molar-refractivity contribution in [2.24, 2.45) is 0 Å². The van der Waals surface area contributed by atoms with E-state index in [1.165, 1.54) is 12.1 Å². The second-order valence-electron chi connectivity index (χ2n) is 15.5. The lowest BCUT2D eigenvalue weighted by Crippen LogP contribution is -2.31. The normalized spacial score (nSPS) is 17.4. The maximum absolute atomic E-state index is 14.3. The molecule has 0 aromatic heterocycles. The molecular weight excluding hydrogens is 785 g/mol. The molecule has 2 heterocycles. The van der Waals surface area contributed by atoms with E-state index >= 15 is 0 Å². The lowest BCUT2D eigenvalue weighted by atomic mass is 9.81. The van der Waals surface area contributed by atoms with Gasteiger partial charge >= 0.3 is 0 Å². The number of anilines is 2. The lowest BCUT2D eigenvalue weighted by Gasteiger charge is -2.27. The Hall–Kier alpha value is -6.70. The molecule has 0 saturated carbocycles. The van der Waals surface area contributed by atoms with Crippen LogP contribution in [0.25, 0.3) is 0 Å². The largest absolute Gasteiger partial charge is 0.507 e. The molecule has 6 aromatic rings. The van der Waals surface area contributed by atoms with Crippen molar-refractivity contribution in [2.75, 3.05) is 63.1 Å². The summed E-state index contributed by atoms with van der Waals surface area (Å²) in [5, 5.41) is 28.4. The first kappa shape index (κ1) is 40.7. The molecule has 12 heteroatoms. The van der Waals surface area contributed by atoms with Crippen molar-refractivity contribution >= 4 is 22.9 Å². The maximum Gasteiger partial charge on any atom is 0.200 e. The van der Waals surface area contributed by atoms with Gasteiger partial charge in [-0.25, -0.2) is 0 Å². The molecule has 6 aromatic carbocycles. The average molecular weight is 833 g/mol. The fourth-order valence-corrected chi connectivity index (χ4v) is 8.35. The van der Waals surface area contributed by atoms with Crippen molar-refractivity contribution in [3.05, 3.63) is 178 Å². The summed E-state index contributed by atoms with van der Waals surface area (Å²) >= 11 is 0. The lowest BCUT2D eigenvalue weighted by molar-refractivity contribution is 0.0345. The predicted octanol–water partition coefficient (Wildman–Crippen LogP) is 7.92. The summed E-state index contributed by atoms with van der Waals surface area (Å²) in [6.45, 7) is 5.58. The van der Waals surface area contributed by atoms with Gasteiger partial charge in [-0.15, -0.1) is 0 Å². The average Bonchev–Trinajstić information content (AvgIpc) is 3.99. The van der Waals surface area contributed by atoms with Gasteiger partial charge in [-0.1, -0.05) is 84.9 Å². The smallest absolute Gasteiger partial charge is 0.200 e. The van der Waals surface area contributed by atoms with E-state index in [0.29, 0.717) is 64.0 Å². The number of hydrogen-bond donors (Lipinski definition) is 4. The number of nitrogens with zero attached hydrogens (tertiary/aromatic N) is 2. The topological polar surface area (TPSA) is 142 Å². The molecule has 2 saturated heterocycles. The third-order valence-corrected chi connectivity index (χ3v) is 11.5. The summed E-state index contributed by atoms with van der Waals surface area (Å²) in [5.74, 6) is -0.280. The number of ether oxygens (including phenoxy) is 4. The summed E-state index contributed by atoms with van der Waals surface area (Å²) in [6.07, 6.45) is -0.510. The Kier molecular flexibility index (Phi) is 12.1. The molecule has 2 fully saturated rings. The van der Waals surface area contributed by atoms with Crippen molar-refractivity contribution in [1.82, 2.24) is 9.80 Å². The van der Waals surface area contributed by atoms with Crippen LogP contribution in [0.3, 0.4) is 0 Å². The number of fused-ring (bicyclic) bond motifs is 2. The van der Waals surface area contributed by atoms with Crippen molar-refractivity contribution in [3.63, 3.8) is 0 Å². The Labute approximate surface area is 360 Å². The summed E-state index contributed by atoms with van der Waals surface area (Å²) in [4.78, 5) is 33.0. The number of rotatable bonds is 16. The molecule has 4 N–H and O–H groups in total. The minimum atomic E-state index is -0.546. The molecule has 2 unspecified atom stereocenters. The fraction of sp³-hybridized carbons (Fsp3) is 0.240. The Morgan fingerprint density at radius 1 is 0.516 bits per heavy atom. The van der Waals surface area contributed by atoms with Crippen LogP contribution in [-0.2, 0) is 22.7 Å². The molecule has 316 valence electrons. The fourth-order valence-electron chi connectivity index (χ4n) is 8.35. The van der Waals surface area contributed by atoms with E-state index in [1.54, 1.807) is 12.1 Å². The Balaban J connectivity index is 0.865. The monoisotopic (exact) mass is 832 g/mol. The highest BCUT2D eigenvalue weighted by atomic mass is 16.5. The third-order valence-electron chi connectivity index (χ3n) is 11.5. The molecule has 2 atom stereocenters. The van der Waals surface area contributed by atoms with Crippen LogP contribution >= 0.6 is 0 Å². The van der Waals surface area contributed by atoms with Crippen LogP contribution in [0.15, 0.2) is 133 Å². The SMILES string of the molecule is O=C1c2c(O)ccc(O)c2C(=O)c2c(NCCN3CCOC3c3ccc(OCc4ccccc4)cc3)ccc(NCCN3CCOC3c3ccc(OCc4ccccc4)cc3)c21. The van der Waals surface area contributed by atoms with Crippen LogP contribution in [0.5, 0.6) is 23.0 Å². The van der Waals surface area contributed by atoms with Crippen LogP contribution in [0.2, 0.25) is 0 Å². The van der Waals surface area contributed by atoms with E-state index in [4.69, 9.17) is 18.9 Å². The van der Waals surface area contributed by atoms with Crippen LogP contribution in [0, 0.1) is 0 Å². The van der Waals surface area contributed by atoms with Gasteiger partial charge in [0.2, 0.25) is 11.6 Å². The van der Waals surface area contributed by atoms with Gasteiger partial charge in [-0.2, -0.15) is 0 Å². The van der Waals surface area contributed by atoms with E-state index in [1.807, 2.05) is 109 Å². The highest BCUT2D eigenvalue weighted by Crippen LogP contribution is 2.42. The van der Waals surface area contributed by atoms with E-state index in [-0.39, 0.29) is 46.2 Å². The van der Waals surface area contributed by atoms with E-state index < -0.39 is 11.6 Å². The first-order valence-corrected chi connectivity index (χ1v) is 20.9. The predicted molar refractivity (Wildman–Crippen MR) is 235 cm³/mol. The zero-order valence-corrected chi connectivity index (χ0v) is 34.2. The molecule has 1 aliphatic carbocycles. The molecule has 3 aliphatic rings. The molecular formula is C50H48N4O8. The van der Waals surface area contributed by atoms with Gasteiger partial charge in [0.1, 0.15) is 48.7 Å². The highest BCUT2D eigenvalue weighted by molar-refractivity contribution is 6.33. The third kappa shape index (κ3) is 8.72. The molecule has 0 bridgehead atoms. The van der Waals surface area contributed by atoms with Crippen molar-refractivity contribution in [2.45, 2.75) is 25.7 Å². The second-order valence-corrected chi connectivity index (χ2v) is 15.5. The molecule has 62 heavy (non-hydrogen) atoms. The number of phenolic OH excluding ortho intramolecular Hbond substituents is 2. The maximum atomic E-state index is 14.3. The second kappa shape index (κ2) is 18.5. The molecule has 0 spiro atoms. The Bertz CT molecular complexity index is 2340. The molecule has 9 rings (SSSR count). The van der Waals surface area contributed by atoms with Crippen molar-refractivity contribution in [3.8, 4) is 23.0 Å². The van der Waals surface area contributed by atoms with Crippen molar-refractivity contribution in [1.29, 1.82) is 0 Å². The molecule has 0 amide bonds. The van der Waals surface area contributed by atoms with Crippen LogP contribution in [0.4, 0.5) is 11.4 Å². The Morgan fingerprint density at radius 3 is 1.32 bits per heavy atom. The van der Waals surface area contributed by atoms with Gasteiger partial charge in [0.15, 0.2) is 0 Å². The first-order valence-electron chi connectivity index (χ1n) is 20.9. The van der Waals surface area contributed by atoms with E-state index in [0.717, 1.165) is 46.8 Å². The van der Waals surface area contributed by atoms with Crippen LogP contribution in [-0.4, -0.2) is 84.1 Å². The molecule has 0 radical (unpaired) electrons. The minimum Gasteiger partial charge on any atom is -0.507 e. The van der Waals surface area contributed by atoms with Gasteiger partial charge in [0, 0.05) is 50.6 Å². The quantitative estimate of drug-likeness (QED) is 0.0704. The van der Waals surface area contributed by atoms with Gasteiger partial charge in [0.25, 0.3) is 0 Å². The van der Waals surface area contributed by atoms with Gasteiger partial charge in [-0.05, 0) is 70.8 Å². The number of hydrogen-bond acceptors (Lipinski definition) is 12. The number of benzene rings is 6. The summed E-state index contributed by atoms with van der Waals surface area (Å²) in [7, 11) is 0. The highest BCUT2D eigenvalue weighted by Gasteiger charge is 2.38. The number of carbonyl (C=O) groups is 2. The number of carbonyl (C=O) groups excluding carboxylic acids is 2. The summed E-state index contributed by atoms with van der Waals surface area (Å²) < 4.78 is 24.2. The standard InChI is InChI=1S/C50H48N4O8/c55-41-21-22-42(56)46-45(41)47(57)43-39(51-23-25-53-27-29-59-49(53)35-11-15-37(16-12-35)61-31-33-7-3-1-4-8-33)19-20-40(44(43)48(46)58)52-24-26-54-28-30-60-50(54)36-13-17-38(18-14-36)62-32-34-9-5-2-6-10-34/h1-22,49-52,55-56H,23-32H2. The van der Waals surface area contributed by atoms with Gasteiger partial charge < -0.3 is 39.8 Å². The first-order chi connectivity index (χ1) is 30.4. The number of aromatic hydroxyl groups is 2. The minimum absolute atomic E-state index is 0.144. The summed E-state index contributed by atoms with van der Waals surface area (Å²) in [5.41, 5.74) is 4.98. The number of nitrogens with one attached hydrogen (secondary N) is 2. The van der Waals surface area contributed by atoms with Gasteiger partial charge in [-0.3, -0.25) is 19.4 Å². The van der Waals surface area contributed by atoms with Crippen LogP contribution < -0.4 is 20.1 Å². The van der Waals surface area contributed by atoms with E-state index in [2.05, 4.69) is 20.4 Å². The zero-order chi connectivity index (χ0) is 42.4.